The molecule has 7 heteroatoms. The Hall–Kier alpha value is -1.47. The summed E-state index contributed by atoms with van der Waals surface area (Å²) in [7, 11) is 0. The first kappa shape index (κ1) is 16.0. The van der Waals surface area contributed by atoms with Gasteiger partial charge in [-0.15, -0.1) is 0 Å². The number of hydrogen-bond acceptors (Lipinski definition) is 5. The molecule has 2 amide bonds. The van der Waals surface area contributed by atoms with E-state index in [1.54, 1.807) is 24.3 Å². The zero-order valence-electron chi connectivity index (χ0n) is 13.2. The highest BCUT2D eigenvalue weighted by atomic mass is 35.5. The van der Waals surface area contributed by atoms with Crippen LogP contribution in [0.2, 0.25) is 5.02 Å². The van der Waals surface area contributed by atoms with E-state index >= 15 is 0 Å². The maximum Gasteiger partial charge on any atom is 0.251 e. The molecule has 1 aromatic carbocycles. The Balaban J connectivity index is 1.49. The minimum Gasteiger partial charge on any atom is -0.347 e. The number of piperidine rings is 1. The van der Waals surface area contributed by atoms with Gasteiger partial charge in [0.15, 0.2) is 5.79 Å². The second-order valence-corrected chi connectivity index (χ2v) is 6.79. The minimum absolute atomic E-state index is 0.193. The minimum atomic E-state index is -0.482. The Morgan fingerprint density at radius 2 is 1.75 bits per heavy atom. The van der Waals surface area contributed by atoms with E-state index in [-0.39, 0.29) is 18.2 Å². The van der Waals surface area contributed by atoms with Crippen LogP contribution in [0.1, 0.15) is 19.3 Å². The standard InChI is InChI=1S/C17H19ClN2O4/c18-12-3-1-2-4-13(12)20-15(21)11-14(16(20)22)19-7-5-17(6-8-19)23-9-10-24-17/h1-4,14H,5-11H2. The number of halogens is 1. The number of ether oxygens (including phenoxy) is 2. The summed E-state index contributed by atoms with van der Waals surface area (Å²) in [6, 6.07) is 6.51. The number of anilines is 1. The highest BCUT2D eigenvalue weighted by Gasteiger charge is 2.47. The highest BCUT2D eigenvalue weighted by molar-refractivity contribution is 6.36. The van der Waals surface area contributed by atoms with Crippen LogP contribution in [0.4, 0.5) is 5.69 Å². The number of para-hydroxylation sites is 1. The van der Waals surface area contributed by atoms with E-state index in [9.17, 15) is 9.59 Å². The van der Waals surface area contributed by atoms with Crippen LogP contribution < -0.4 is 4.90 Å². The van der Waals surface area contributed by atoms with Gasteiger partial charge in [0.1, 0.15) is 0 Å². The zero-order valence-corrected chi connectivity index (χ0v) is 14.0. The molecule has 0 saturated carbocycles. The molecule has 6 nitrogen and oxygen atoms in total. The molecule has 0 aliphatic carbocycles. The number of rotatable bonds is 2. The van der Waals surface area contributed by atoms with Crippen LogP contribution in [0.3, 0.4) is 0 Å². The summed E-state index contributed by atoms with van der Waals surface area (Å²) < 4.78 is 11.4. The monoisotopic (exact) mass is 350 g/mol. The van der Waals surface area contributed by atoms with Crippen molar-refractivity contribution in [1.29, 1.82) is 0 Å². The third kappa shape index (κ3) is 2.63. The molecule has 0 N–H and O–H groups in total. The summed E-state index contributed by atoms with van der Waals surface area (Å²) in [6.07, 6.45) is 1.63. The van der Waals surface area contributed by atoms with Gasteiger partial charge in [-0.1, -0.05) is 23.7 Å². The van der Waals surface area contributed by atoms with Gasteiger partial charge < -0.3 is 9.47 Å². The number of imide groups is 1. The van der Waals surface area contributed by atoms with E-state index in [1.165, 1.54) is 4.90 Å². The summed E-state index contributed by atoms with van der Waals surface area (Å²) in [5.74, 6) is -0.881. The quantitative estimate of drug-likeness (QED) is 0.761. The highest BCUT2D eigenvalue weighted by Crippen LogP contribution is 2.35. The maximum atomic E-state index is 12.8. The van der Waals surface area contributed by atoms with Crippen molar-refractivity contribution >= 4 is 29.1 Å². The van der Waals surface area contributed by atoms with Gasteiger partial charge in [0.05, 0.1) is 36.4 Å². The average Bonchev–Trinajstić information content (AvgIpc) is 3.15. The molecular weight excluding hydrogens is 332 g/mol. The molecule has 24 heavy (non-hydrogen) atoms. The van der Waals surface area contributed by atoms with Crippen LogP contribution in [-0.2, 0) is 19.1 Å². The van der Waals surface area contributed by atoms with Crippen molar-refractivity contribution < 1.29 is 19.1 Å². The van der Waals surface area contributed by atoms with Crippen molar-refractivity contribution in [2.24, 2.45) is 0 Å². The van der Waals surface area contributed by atoms with E-state index < -0.39 is 11.8 Å². The van der Waals surface area contributed by atoms with Gasteiger partial charge in [-0.25, -0.2) is 4.90 Å². The molecule has 3 fully saturated rings. The molecule has 3 aliphatic rings. The van der Waals surface area contributed by atoms with E-state index in [2.05, 4.69) is 4.90 Å². The summed E-state index contributed by atoms with van der Waals surface area (Å²) in [5, 5.41) is 0.408. The molecule has 3 saturated heterocycles. The van der Waals surface area contributed by atoms with Gasteiger partial charge in [-0.05, 0) is 12.1 Å². The van der Waals surface area contributed by atoms with Crippen LogP contribution in [0.25, 0.3) is 0 Å². The Bertz CT molecular complexity index is 664. The molecule has 0 radical (unpaired) electrons. The number of benzene rings is 1. The summed E-state index contributed by atoms with van der Waals surface area (Å²) >= 11 is 6.16. The lowest BCUT2D eigenvalue weighted by molar-refractivity contribution is -0.188. The molecule has 1 unspecified atom stereocenters. The Labute approximate surface area is 145 Å². The van der Waals surface area contributed by atoms with Crippen LogP contribution in [-0.4, -0.2) is 54.8 Å². The third-order valence-electron chi connectivity index (χ3n) is 5.03. The second kappa shape index (κ2) is 6.11. The molecule has 4 rings (SSSR count). The topological polar surface area (TPSA) is 59.1 Å². The first-order valence-electron chi connectivity index (χ1n) is 8.23. The fourth-order valence-electron chi connectivity index (χ4n) is 3.75. The first-order valence-corrected chi connectivity index (χ1v) is 8.61. The molecule has 128 valence electrons. The van der Waals surface area contributed by atoms with E-state index in [0.29, 0.717) is 37.0 Å². The van der Waals surface area contributed by atoms with Gasteiger partial charge in [0.2, 0.25) is 5.91 Å². The van der Waals surface area contributed by atoms with Gasteiger partial charge in [-0.3, -0.25) is 14.5 Å². The van der Waals surface area contributed by atoms with Gasteiger partial charge in [0.25, 0.3) is 5.91 Å². The predicted octanol–water partition coefficient (Wildman–Crippen LogP) is 1.81. The van der Waals surface area contributed by atoms with Gasteiger partial charge >= 0.3 is 0 Å². The number of likely N-dealkylation sites (tertiary alicyclic amines) is 1. The van der Waals surface area contributed by atoms with Crippen molar-refractivity contribution in [1.82, 2.24) is 4.90 Å². The molecule has 0 aromatic heterocycles. The normalized spacial score (nSPS) is 27.4. The van der Waals surface area contributed by atoms with E-state index in [0.717, 1.165) is 12.8 Å². The summed E-state index contributed by atoms with van der Waals surface area (Å²) in [6.45, 7) is 2.61. The number of carbonyl (C=O) groups excluding carboxylic acids is 2. The fourth-order valence-corrected chi connectivity index (χ4v) is 3.97. The van der Waals surface area contributed by atoms with Crippen molar-refractivity contribution in [3.05, 3.63) is 29.3 Å². The van der Waals surface area contributed by atoms with E-state index in [1.807, 2.05) is 0 Å². The van der Waals surface area contributed by atoms with Crippen LogP contribution in [0.5, 0.6) is 0 Å². The maximum absolute atomic E-state index is 12.8. The molecule has 0 bridgehead atoms. The average molecular weight is 351 g/mol. The number of nitrogens with zero attached hydrogens (tertiary/aromatic N) is 2. The lowest BCUT2D eigenvalue weighted by Crippen LogP contribution is -2.51. The smallest absolute Gasteiger partial charge is 0.251 e. The Morgan fingerprint density at radius 1 is 1.08 bits per heavy atom. The fraction of sp³-hybridized carbons (Fsp3) is 0.529. The molecule has 1 aromatic rings. The van der Waals surface area contributed by atoms with Crippen molar-refractivity contribution in [3.8, 4) is 0 Å². The van der Waals surface area contributed by atoms with Crippen molar-refractivity contribution in [2.45, 2.75) is 31.1 Å². The predicted molar refractivity (Wildman–Crippen MR) is 87.8 cm³/mol. The third-order valence-corrected chi connectivity index (χ3v) is 5.35. The lowest BCUT2D eigenvalue weighted by atomic mass is 10.0. The summed E-state index contributed by atoms with van der Waals surface area (Å²) in [4.78, 5) is 28.5. The number of carbonyl (C=O) groups is 2. The molecule has 1 spiro atoms. The zero-order chi connectivity index (χ0) is 16.7. The van der Waals surface area contributed by atoms with Crippen molar-refractivity contribution in [2.75, 3.05) is 31.2 Å². The Morgan fingerprint density at radius 3 is 2.42 bits per heavy atom. The number of hydrogen-bond donors (Lipinski definition) is 0. The van der Waals surface area contributed by atoms with Gasteiger partial charge in [0, 0.05) is 25.9 Å². The molecule has 3 heterocycles. The van der Waals surface area contributed by atoms with Crippen LogP contribution in [0, 0.1) is 0 Å². The summed E-state index contributed by atoms with van der Waals surface area (Å²) in [5.41, 5.74) is 0.465. The number of amides is 2. The Kier molecular flexibility index (Phi) is 4.08. The van der Waals surface area contributed by atoms with Crippen LogP contribution >= 0.6 is 11.6 Å². The molecule has 3 aliphatic heterocycles. The van der Waals surface area contributed by atoms with Gasteiger partial charge in [-0.2, -0.15) is 0 Å². The first-order chi connectivity index (χ1) is 11.6. The largest absolute Gasteiger partial charge is 0.347 e. The van der Waals surface area contributed by atoms with Crippen molar-refractivity contribution in [3.63, 3.8) is 0 Å². The SMILES string of the molecule is O=C1CC(N2CCC3(CC2)OCCO3)C(=O)N1c1ccccc1Cl. The lowest BCUT2D eigenvalue weighted by Gasteiger charge is -2.39. The van der Waals surface area contributed by atoms with E-state index in [4.69, 9.17) is 21.1 Å². The second-order valence-electron chi connectivity index (χ2n) is 6.38. The molecular formula is C17H19ClN2O4. The molecule has 1 atom stereocenters. The van der Waals surface area contributed by atoms with Crippen LogP contribution in [0.15, 0.2) is 24.3 Å².